The summed E-state index contributed by atoms with van der Waals surface area (Å²) in [6.07, 6.45) is 1.82. The molecule has 0 aliphatic rings. The van der Waals surface area contributed by atoms with Crippen LogP contribution in [0.4, 0.5) is 0 Å². The summed E-state index contributed by atoms with van der Waals surface area (Å²) in [5, 5.41) is 17.7. The fourth-order valence-corrected chi connectivity index (χ4v) is 1.68. The number of carbonyl (C=O) groups is 1. The highest BCUT2D eigenvalue weighted by molar-refractivity contribution is 5.66. The first-order valence-electron chi connectivity index (χ1n) is 5.70. The van der Waals surface area contributed by atoms with Gasteiger partial charge in [-0.25, -0.2) is 0 Å². The second kappa shape index (κ2) is 7.25. The van der Waals surface area contributed by atoms with Crippen LogP contribution in [0.2, 0.25) is 0 Å². The molecule has 0 spiro atoms. The van der Waals surface area contributed by atoms with Crippen LogP contribution in [-0.2, 0) is 11.3 Å². The molecule has 1 rings (SSSR count). The zero-order chi connectivity index (χ0) is 13.4. The molecule has 4 heteroatoms. The van der Waals surface area contributed by atoms with E-state index in [1.165, 1.54) is 0 Å². The Hall–Kier alpha value is -2.12. The molecule has 0 atom stereocenters. The lowest BCUT2D eigenvalue weighted by molar-refractivity contribution is -0.137. The van der Waals surface area contributed by atoms with E-state index in [2.05, 4.69) is 12.6 Å². The summed E-state index contributed by atoms with van der Waals surface area (Å²) in [5.74, 6) is -0.822. The average molecular weight is 244 g/mol. The van der Waals surface area contributed by atoms with Gasteiger partial charge in [-0.15, -0.1) is 6.58 Å². The maximum absolute atomic E-state index is 10.6. The second-order valence-electron chi connectivity index (χ2n) is 3.94. The highest BCUT2D eigenvalue weighted by Crippen LogP contribution is 2.11. The van der Waals surface area contributed by atoms with Crippen molar-refractivity contribution < 1.29 is 9.90 Å². The standard InChI is InChI=1S/C14H16N2O2/c1-2-8-16(9-7-14(17)18)11-13-6-4-3-5-12(13)10-15/h2-6H,1,7-9,11H2,(H,17,18). The molecule has 4 nitrogen and oxygen atoms in total. The van der Waals surface area contributed by atoms with Crippen molar-refractivity contribution in [2.24, 2.45) is 0 Å². The fourth-order valence-electron chi connectivity index (χ4n) is 1.68. The van der Waals surface area contributed by atoms with Gasteiger partial charge in [-0.2, -0.15) is 5.26 Å². The first kappa shape index (κ1) is 13.9. The van der Waals surface area contributed by atoms with Crippen molar-refractivity contribution in [3.8, 4) is 6.07 Å². The molecule has 0 bridgehead atoms. The fraction of sp³-hybridized carbons (Fsp3) is 0.286. The van der Waals surface area contributed by atoms with Gasteiger partial charge in [0.05, 0.1) is 18.1 Å². The minimum Gasteiger partial charge on any atom is -0.481 e. The number of rotatable bonds is 7. The molecule has 0 saturated heterocycles. The zero-order valence-electron chi connectivity index (χ0n) is 10.2. The van der Waals surface area contributed by atoms with Gasteiger partial charge in [-0.3, -0.25) is 9.69 Å². The Bertz CT molecular complexity index is 463. The van der Waals surface area contributed by atoms with Crippen LogP contribution in [0.15, 0.2) is 36.9 Å². The van der Waals surface area contributed by atoms with E-state index in [1.54, 1.807) is 12.1 Å². The summed E-state index contributed by atoms with van der Waals surface area (Å²) in [6.45, 7) is 5.27. The smallest absolute Gasteiger partial charge is 0.304 e. The summed E-state index contributed by atoms with van der Waals surface area (Å²) in [7, 11) is 0. The number of benzene rings is 1. The third-order valence-electron chi connectivity index (χ3n) is 2.56. The van der Waals surface area contributed by atoms with Crippen LogP contribution in [0, 0.1) is 11.3 Å². The Morgan fingerprint density at radius 3 is 2.83 bits per heavy atom. The maximum atomic E-state index is 10.6. The van der Waals surface area contributed by atoms with Crippen molar-refractivity contribution in [2.75, 3.05) is 13.1 Å². The number of nitriles is 1. The molecule has 0 heterocycles. The average Bonchev–Trinajstić information content (AvgIpc) is 2.37. The van der Waals surface area contributed by atoms with Crippen LogP contribution in [0.1, 0.15) is 17.5 Å². The van der Waals surface area contributed by atoms with Crippen LogP contribution in [0.5, 0.6) is 0 Å². The Morgan fingerprint density at radius 1 is 1.50 bits per heavy atom. The van der Waals surface area contributed by atoms with E-state index in [0.29, 0.717) is 25.2 Å². The number of aliphatic carboxylic acids is 1. The topological polar surface area (TPSA) is 64.3 Å². The lowest BCUT2D eigenvalue weighted by Crippen LogP contribution is -2.26. The van der Waals surface area contributed by atoms with Crippen molar-refractivity contribution in [1.29, 1.82) is 5.26 Å². The van der Waals surface area contributed by atoms with Crippen molar-refractivity contribution in [3.63, 3.8) is 0 Å². The van der Waals surface area contributed by atoms with Crippen LogP contribution in [0.25, 0.3) is 0 Å². The molecule has 1 aromatic carbocycles. The predicted octanol–water partition coefficient (Wildman–Crippen LogP) is 2.02. The van der Waals surface area contributed by atoms with Gasteiger partial charge in [0.25, 0.3) is 0 Å². The SMILES string of the molecule is C=CCN(CCC(=O)O)Cc1ccccc1C#N. The lowest BCUT2D eigenvalue weighted by Gasteiger charge is -2.20. The summed E-state index contributed by atoms with van der Waals surface area (Å²) >= 11 is 0. The quantitative estimate of drug-likeness (QED) is 0.745. The molecule has 0 fully saturated rings. The molecular formula is C14H16N2O2. The summed E-state index contributed by atoms with van der Waals surface area (Å²) in [5.41, 5.74) is 1.54. The molecule has 0 radical (unpaired) electrons. The molecule has 0 aromatic heterocycles. The van der Waals surface area contributed by atoms with E-state index < -0.39 is 5.97 Å². The third kappa shape index (κ3) is 4.40. The van der Waals surface area contributed by atoms with Gasteiger partial charge in [0.15, 0.2) is 0 Å². The van der Waals surface area contributed by atoms with E-state index in [0.717, 1.165) is 5.56 Å². The van der Waals surface area contributed by atoms with E-state index in [1.807, 2.05) is 23.1 Å². The third-order valence-corrected chi connectivity index (χ3v) is 2.56. The van der Waals surface area contributed by atoms with Crippen molar-refractivity contribution in [3.05, 3.63) is 48.0 Å². The number of carboxylic acid groups (broad SMARTS) is 1. The van der Waals surface area contributed by atoms with E-state index in [-0.39, 0.29) is 6.42 Å². The van der Waals surface area contributed by atoms with Crippen LogP contribution in [0.3, 0.4) is 0 Å². The van der Waals surface area contributed by atoms with Gasteiger partial charge < -0.3 is 5.11 Å². The monoisotopic (exact) mass is 244 g/mol. The molecule has 18 heavy (non-hydrogen) atoms. The minimum atomic E-state index is -0.822. The highest BCUT2D eigenvalue weighted by atomic mass is 16.4. The molecule has 0 saturated carbocycles. The molecule has 0 unspecified atom stereocenters. The number of carboxylic acids is 1. The van der Waals surface area contributed by atoms with Gasteiger partial charge in [-0.05, 0) is 11.6 Å². The maximum Gasteiger partial charge on any atom is 0.304 e. The summed E-state index contributed by atoms with van der Waals surface area (Å²) < 4.78 is 0. The number of nitrogens with zero attached hydrogens (tertiary/aromatic N) is 2. The van der Waals surface area contributed by atoms with Gasteiger partial charge >= 0.3 is 5.97 Å². The normalized spacial score (nSPS) is 10.0. The minimum absolute atomic E-state index is 0.0859. The van der Waals surface area contributed by atoms with Crippen molar-refractivity contribution >= 4 is 5.97 Å². The van der Waals surface area contributed by atoms with Gasteiger partial charge in [-0.1, -0.05) is 24.3 Å². The van der Waals surface area contributed by atoms with Crippen molar-refractivity contribution in [2.45, 2.75) is 13.0 Å². The second-order valence-corrected chi connectivity index (χ2v) is 3.94. The first-order valence-corrected chi connectivity index (χ1v) is 5.70. The number of hydrogen-bond acceptors (Lipinski definition) is 3. The van der Waals surface area contributed by atoms with E-state index in [4.69, 9.17) is 10.4 Å². The van der Waals surface area contributed by atoms with Crippen LogP contribution in [-0.4, -0.2) is 29.1 Å². The molecule has 0 aliphatic heterocycles. The molecule has 1 N–H and O–H groups in total. The van der Waals surface area contributed by atoms with Gasteiger partial charge in [0, 0.05) is 19.6 Å². The molecule has 0 amide bonds. The first-order chi connectivity index (χ1) is 8.67. The Kier molecular flexibility index (Phi) is 5.62. The van der Waals surface area contributed by atoms with Crippen LogP contribution < -0.4 is 0 Å². The molecule has 0 aliphatic carbocycles. The van der Waals surface area contributed by atoms with E-state index >= 15 is 0 Å². The molecule has 1 aromatic rings. The van der Waals surface area contributed by atoms with Gasteiger partial charge in [0.2, 0.25) is 0 Å². The summed E-state index contributed by atoms with van der Waals surface area (Å²) in [4.78, 5) is 12.5. The van der Waals surface area contributed by atoms with Gasteiger partial charge in [0.1, 0.15) is 0 Å². The zero-order valence-corrected chi connectivity index (χ0v) is 10.2. The Balaban J connectivity index is 2.73. The molecular weight excluding hydrogens is 228 g/mol. The summed E-state index contributed by atoms with van der Waals surface area (Å²) in [6, 6.07) is 9.48. The van der Waals surface area contributed by atoms with Crippen molar-refractivity contribution in [1.82, 2.24) is 4.90 Å². The highest BCUT2D eigenvalue weighted by Gasteiger charge is 2.09. The Labute approximate surface area is 107 Å². The Morgan fingerprint density at radius 2 is 2.22 bits per heavy atom. The van der Waals surface area contributed by atoms with Crippen LogP contribution >= 0.6 is 0 Å². The largest absolute Gasteiger partial charge is 0.481 e. The number of hydrogen-bond donors (Lipinski definition) is 1. The predicted molar refractivity (Wildman–Crippen MR) is 68.9 cm³/mol. The molecule has 94 valence electrons. The lowest BCUT2D eigenvalue weighted by atomic mass is 10.1. The van der Waals surface area contributed by atoms with E-state index in [9.17, 15) is 4.79 Å².